The third-order valence-corrected chi connectivity index (χ3v) is 2.02. The number of carbonyl (C=O) groups is 1. The number of methoxy groups -OCH3 is 1. The highest BCUT2D eigenvalue weighted by molar-refractivity contribution is 9.11. The molecule has 4 nitrogen and oxygen atoms in total. The lowest BCUT2D eigenvalue weighted by Gasteiger charge is -2.10. The predicted molar refractivity (Wildman–Crippen MR) is 63.5 cm³/mol. The summed E-state index contributed by atoms with van der Waals surface area (Å²) in [4.78, 5) is 10.7. The lowest BCUT2D eigenvalue weighted by atomic mass is 10.2. The van der Waals surface area contributed by atoms with E-state index in [4.69, 9.17) is 14.6 Å². The molecule has 16 heavy (non-hydrogen) atoms. The van der Waals surface area contributed by atoms with Crippen molar-refractivity contribution in [1.82, 2.24) is 0 Å². The molecule has 1 N–H and O–H groups in total. The molecule has 0 fully saturated rings. The van der Waals surface area contributed by atoms with Gasteiger partial charge in [0, 0.05) is 4.48 Å². The SMILES string of the molecule is C=C(Br)COc1ccc(C(=O)O)cc1OC. The lowest BCUT2D eigenvalue weighted by Crippen LogP contribution is -2.01. The molecule has 0 bridgehead atoms. The Balaban J connectivity index is 2.93. The minimum Gasteiger partial charge on any atom is -0.493 e. The van der Waals surface area contributed by atoms with E-state index in [2.05, 4.69) is 22.5 Å². The summed E-state index contributed by atoms with van der Waals surface area (Å²) in [7, 11) is 1.46. The van der Waals surface area contributed by atoms with Crippen LogP contribution in [0, 0.1) is 0 Å². The van der Waals surface area contributed by atoms with Crippen molar-refractivity contribution in [2.75, 3.05) is 13.7 Å². The number of carboxylic acids is 1. The summed E-state index contributed by atoms with van der Waals surface area (Å²) in [5.74, 6) is -0.142. The molecule has 0 amide bonds. The molecule has 0 heterocycles. The molecule has 86 valence electrons. The van der Waals surface area contributed by atoms with Crippen LogP contribution in [-0.2, 0) is 0 Å². The van der Waals surface area contributed by atoms with E-state index >= 15 is 0 Å². The van der Waals surface area contributed by atoms with E-state index in [1.165, 1.54) is 19.2 Å². The van der Waals surface area contributed by atoms with Crippen LogP contribution >= 0.6 is 15.9 Å². The van der Waals surface area contributed by atoms with Crippen molar-refractivity contribution in [2.45, 2.75) is 0 Å². The summed E-state index contributed by atoms with van der Waals surface area (Å²) in [6.45, 7) is 3.92. The van der Waals surface area contributed by atoms with Gasteiger partial charge in [0.1, 0.15) is 6.61 Å². The van der Waals surface area contributed by atoms with Crippen LogP contribution in [0.3, 0.4) is 0 Å². The highest BCUT2D eigenvalue weighted by atomic mass is 79.9. The molecular formula is C11H11BrO4. The van der Waals surface area contributed by atoms with E-state index in [1.54, 1.807) is 6.07 Å². The first kappa shape index (κ1) is 12.6. The second-order valence-electron chi connectivity index (χ2n) is 2.98. The van der Waals surface area contributed by atoms with Crippen molar-refractivity contribution in [3.8, 4) is 11.5 Å². The Hall–Kier alpha value is -1.49. The summed E-state index contributed by atoms with van der Waals surface area (Å²) in [6.07, 6.45) is 0. The van der Waals surface area contributed by atoms with Crippen molar-refractivity contribution in [1.29, 1.82) is 0 Å². The third-order valence-electron chi connectivity index (χ3n) is 1.79. The molecule has 0 aromatic heterocycles. The van der Waals surface area contributed by atoms with E-state index in [0.717, 1.165) is 0 Å². The maximum Gasteiger partial charge on any atom is 0.335 e. The van der Waals surface area contributed by atoms with Gasteiger partial charge >= 0.3 is 5.97 Å². The molecule has 1 aromatic carbocycles. The van der Waals surface area contributed by atoms with Gasteiger partial charge in [0.15, 0.2) is 11.5 Å². The first-order valence-corrected chi connectivity index (χ1v) is 5.21. The summed E-state index contributed by atoms with van der Waals surface area (Å²) >= 11 is 3.16. The fraction of sp³-hybridized carbons (Fsp3) is 0.182. The minimum absolute atomic E-state index is 0.155. The van der Waals surface area contributed by atoms with Gasteiger partial charge in [-0.1, -0.05) is 22.5 Å². The maximum atomic E-state index is 10.7. The van der Waals surface area contributed by atoms with Gasteiger partial charge in [0.25, 0.3) is 0 Å². The monoisotopic (exact) mass is 286 g/mol. The second-order valence-corrected chi connectivity index (χ2v) is 4.10. The molecule has 1 aromatic rings. The van der Waals surface area contributed by atoms with Crippen LogP contribution in [0.4, 0.5) is 0 Å². The standard InChI is InChI=1S/C11H11BrO4/c1-7(12)6-16-9-4-3-8(11(13)14)5-10(9)15-2/h3-5H,1,6H2,2H3,(H,13,14). The Morgan fingerprint density at radius 3 is 2.69 bits per heavy atom. The lowest BCUT2D eigenvalue weighted by molar-refractivity contribution is 0.0696. The van der Waals surface area contributed by atoms with Gasteiger partial charge in [-0.05, 0) is 18.2 Å². The van der Waals surface area contributed by atoms with Crippen molar-refractivity contribution >= 4 is 21.9 Å². The van der Waals surface area contributed by atoms with E-state index in [-0.39, 0.29) is 5.56 Å². The van der Waals surface area contributed by atoms with Crippen LogP contribution in [0.1, 0.15) is 10.4 Å². The van der Waals surface area contributed by atoms with Crippen molar-refractivity contribution in [3.05, 3.63) is 34.8 Å². The van der Waals surface area contributed by atoms with Crippen LogP contribution in [0.15, 0.2) is 29.3 Å². The Labute approximate surface area is 102 Å². The zero-order valence-corrected chi connectivity index (χ0v) is 10.3. The fourth-order valence-corrected chi connectivity index (χ4v) is 1.19. The molecule has 0 aliphatic carbocycles. The summed E-state index contributed by atoms with van der Waals surface area (Å²) in [5.41, 5.74) is 0.155. The third kappa shape index (κ3) is 3.27. The minimum atomic E-state index is -1.00. The summed E-state index contributed by atoms with van der Waals surface area (Å²) in [6, 6.07) is 4.42. The van der Waals surface area contributed by atoms with Gasteiger partial charge < -0.3 is 14.6 Å². The smallest absolute Gasteiger partial charge is 0.335 e. The number of halogens is 1. The molecule has 0 unspecified atom stereocenters. The van der Waals surface area contributed by atoms with Gasteiger partial charge in [0.05, 0.1) is 12.7 Å². The van der Waals surface area contributed by atoms with Gasteiger partial charge in [-0.25, -0.2) is 4.79 Å². The van der Waals surface area contributed by atoms with Crippen LogP contribution in [-0.4, -0.2) is 24.8 Å². The fourth-order valence-electron chi connectivity index (χ4n) is 1.08. The van der Waals surface area contributed by atoms with Gasteiger partial charge in [-0.15, -0.1) is 0 Å². The zero-order valence-electron chi connectivity index (χ0n) is 8.70. The molecule has 0 saturated heterocycles. The average molecular weight is 287 g/mol. The molecule has 0 spiro atoms. The van der Waals surface area contributed by atoms with Gasteiger partial charge in [0.2, 0.25) is 0 Å². The number of carboxylic acid groups (broad SMARTS) is 1. The van der Waals surface area contributed by atoms with E-state index in [1.807, 2.05) is 0 Å². The molecule has 5 heteroatoms. The normalized spacial score (nSPS) is 9.62. The first-order chi connectivity index (χ1) is 7.54. The molecule has 0 atom stereocenters. The van der Waals surface area contributed by atoms with E-state index in [9.17, 15) is 4.79 Å². The molecule has 0 saturated carbocycles. The summed E-state index contributed by atoms with van der Waals surface area (Å²) in [5, 5.41) is 8.80. The Kier molecular flexibility index (Phi) is 4.37. The second kappa shape index (κ2) is 5.55. The highest BCUT2D eigenvalue weighted by Gasteiger charge is 2.09. The molecule has 0 aliphatic rings. The van der Waals surface area contributed by atoms with Crippen LogP contribution in [0.2, 0.25) is 0 Å². The van der Waals surface area contributed by atoms with Crippen LogP contribution < -0.4 is 9.47 Å². The van der Waals surface area contributed by atoms with Crippen LogP contribution in [0.25, 0.3) is 0 Å². The average Bonchev–Trinajstić information content (AvgIpc) is 2.25. The first-order valence-electron chi connectivity index (χ1n) is 4.42. The largest absolute Gasteiger partial charge is 0.493 e. The Morgan fingerprint density at radius 2 is 2.19 bits per heavy atom. The van der Waals surface area contributed by atoms with E-state index < -0.39 is 5.97 Å². The molecule has 0 radical (unpaired) electrons. The number of rotatable bonds is 5. The molecule has 0 aliphatic heterocycles. The van der Waals surface area contributed by atoms with Gasteiger partial charge in [-0.2, -0.15) is 0 Å². The quantitative estimate of drug-likeness (QED) is 0.904. The summed E-state index contributed by atoms with van der Waals surface area (Å²) < 4.78 is 11.1. The number of aromatic carboxylic acids is 1. The maximum absolute atomic E-state index is 10.7. The number of hydrogen-bond donors (Lipinski definition) is 1. The van der Waals surface area contributed by atoms with Crippen LogP contribution in [0.5, 0.6) is 11.5 Å². The zero-order chi connectivity index (χ0) is 12.1. The predicted octanol–water partition coefficient (Wildman–Crippen LogP) is 2.68. The Bertz CT molecular complexity index is 414. The van der Waals surface area contributed by atoms with Gasteiger partial charge in [-0.3, -0.25) is 0 Å². The molecular weight excluding hydrogens is 276 g/mol. The molecule has 1 rings (SSSR count). The van der Waals surface area contributed by atoms with E-state index in [0.29, 0.717) is 22.6 Å². The number of benzene rings is 1. The Morgan fingerprint density at radius 1 is 1.50 bits per heavy atom. The topological polar surface area (TPSA) is 55.8 Å². The van der Waals surface area contributed by atoms with Crippen molar-refractivity contribution in [2.24, 2.45) is 0 Å². The van der Waals surface area contributed by atoms with Crippen molar-refractivity contribution in [3.63, 3.8) is 0 Å². The van der Waals surface area contributed by atoms with Crippen molar-refractivity contribution < 1.29 is 19.4 Å². The number of hydrogen-bond acceptors (Lipinski definition) is 3. The number of ether oxygens (including phenoxy) is 2. The highest BCUT2D eigenvalue weighted by Crippen LogP contribution is 2.28.